The Morgan fingerprint density at radius 3 is 2.68 bits per heavy atom. The minimum Gasteiger partial charge on any atom is -0.435 e. The standard InChI is InChI=1S/C14H15F2N3O2.ClH/c15-13(16)20-10-5-2-1-4-9(10)8-11-18-12(19-21-11)14(17)6-3-7-14;/h1-2,4-5,13H,3,6-8,17H2;1H. The molecule has 1 saturated carbocycles. The third-order valence-electron chi connectivity index (χ3n) is 3.69. The zero-order valence-electron chi connectivity index (χ0n) is 11.7. The molecule has 120 valence electrons. The Morgan fingerprint density at radius 2 is 2.05 bits per heavy atom. The van der Waals surface area contributed by atoms with E-state index in [2.05, 4.69) is 14.9 Å². The zero-order chi connectivity index (χ0) is 14.9. The van der Waals surface area contributed by atoms with Crippen LogP contribution < -0.4 is 10.5 Å². The van der Waals surface area contributed by atoms with E-state index in [9.17, 15) is 8.78 Å². The van der Waals surface area contributed by atoms with Crippen molar-refractivity contribution in [3.05, 3.63) is 41.5 Å². The van der Waals surface area contributed by atoms with Gasteiger partial charge in [0.05, 0.1) is 12.0 Å². The van der Waals surface area contributed by atoms with Gasteiger partial charge in [-0.3, -0.25) is 0 Å². The van der Waals surface area contributed by atoms with Gasteiger partial charge in [0.2, 0.25) is 5.89 Å². The normalized spacial score (nSPS) is 16.0. The molecule has 0 unspecified atom stereocenters. The summed E-state index contributed by atoms with van der Waals surface area (Å²) < 4.78 is 34.4. The van der Waals surface area contributed by atoms with Crippen LogP contribution in [0.3, 0.4) is 0 Å². The Kier molecular flexibility index (Phi) is 4.97. The first-order chi connectivity index (χ1) is 10.1. The third kappa shape index (κ3) is 3.36. The van der Waals surface area contributed by atoms with Gasteiger partial charge in [0, 0.05) is 5.56 Å². The number of benzene rings is 1. The van der Waals surface area contributed by atoms with Crippen LogP contribution in [-0.2, 0) is 12.0 Å². The average Bonchev–Trinajstić information content (AvgIpc) is 2.86. The van der Waals surface area contributed by atoms with Crippen molar-refractivity contribution in [2.45, 2.75) is 37.8 Å². The van der Waals surface area contributed by atoms with Crippen LogP contribution in [0.25, 0.3) is 0 Å². The van der Waals surface area contributed by atoms with Gasteiger partial charge in [0.15, 0.2) is 5.82 Å². The molecule has 2 aromatic rings. The van der Waals surface area contributed by atoms with Crippen LogP contribution in [-0.4, -0.2) is 16.8 Å². The number of halogens is 3. The van der Waals surface area contributed by atoms with E-state index in [0.29, 0.717) is 17.3 Å². The number of para-hydroxylation sites is 1. The molecule has 2 N–H and O–H groups in total. The topological polar surface area (TPSA) is 74.2 Å². The van der Waals surface area contributed by atoms with E-state index in [0.717, 1.165) is 19.3 Å². The fourth-order valence-corrected chi connectivity index (χ4v) is 2.33. The summed E-state index contributed by atoms with van der Waals surface area (Å²) in [7, 11) is 0. The number of hydrogen-bond donors (Lipinski definition) is 1. The number of rotatable bonds is 5. The molecule has 1 aromatic heterocycles. The Bertz CT molecular complexity index is 632. The van der Waals surface area contributed by atoms with Crippen molar-refractivity contribution in [1.29, 1.82) is 0 Å². The summed E-state index contributed by atoms with van der Waals surface area (Å²) >= 11 is 0. The van der Waals surface area contributed by atoms with Crippen molar-refractivity contribution in [3.8, 4) is 5.75 Å². The summed E-state index contributed by atoms with van der Waals surface area (Å²) in [5.74, 6) is 0.932. The molecular weight excluding hydrogens is 316 g/mol. The van der Waals surface area contributed by atoms with E-state index in [4.69, 9.17) is 10.3 Å². The highest BCUT2D eigenvalue weighted by Gasteiger charge is 2.38. The summed E-state index contributed by atoms with van der Waals surface area (Å²) in [6.07, 6.45) is 2.94. The summed E-state index contributed by atoms with van der Waals surface area (Å²) in [5, 5.41) is 3.90. The Morgan fingerprint density at radius 1 is 1.32 bits per heavy atom. The highest BCUT2D eigenvalue weighted by molar-refractivity contribution is 5.85. The molecule has 5 nitrogen and oxygen atoms in total. The molecule has 0 aliphatic heterocycles. The van der Waals surface area contributed by atoms with E-state index < -0.39 is 12.2 Å². The number of hydrogen-bond acceptors (Lipinski definition) is 5. The average molecular weight is 332 g/mol. The first-order valence-corrected chi connectivity index (χ1v) is 6.71. The molecule has 3 rings (SSSR count). The second-order valence-electron chi connectivity index (χ2n) is 5.18. The zero-order valence-corrected chi connectivity index (χ0v) is 12.5. The molecule has 1 aromatic carbocycles. The summed E-state index contributed by atoms with van der Waals surface area (Å²) in [5.41, 5.74) is 6.18. The molecule has 22 heavy (non-hydrogen) atoms. The minimum atomic E-state index is -2.87. The lowest BCUT2D eigenvalue weighted by Crippen LogP contribution is -2.44. The molecule has 1 heterocycles. The van der Waals surface area contributed by atoms with Crippen molar-refractivity contribution >= 4 is 12.4 Å². The highest BCUT2D eigenvalue weighted by Crippen LogP contribution is 2.37. The molecule has 1 fully saturated rings. The number of nitrogens with two attached hydrogens (primary N) is 1. The lowest BCUT2D eigenvalue weighted by atomic mass is 9.77. The maximum absolute atomic E-state index is 12.4. The summed E-state index contributed by atoms with van der Waals surface area (Å²) in [6.45, 7) is -2.87. The monoisotopic (exact) mass is 331 g/mol. The molecule has 1 aliphatic rings. The second-order valence-corrected chi connectivity index (χ2v) is 5.18. The predicted octanol–water partition coefficient (Wildman–Crippen LogP) is 3.02. The van der Waals surface area contributed by atoms with Crippen LogP contribution in [0.2, 0.25) is 0 Å². The molecule has 0 bridgehead atoms. The number of nitrogens with zero attached hydrogens (tertiary/aromatic N) is 2. The van der Waals surface area contributed by atoms with Crippen LogP contribution in [0.5, 0.6) is 5.75 Å². The van der Waals surface area contributed by atoms with Gasteiger partial charge in [-0.1, -0.05) is 23.4 Å². The number of alkyl halides is 2. The van der Waals surface area contributed by atoms with E-state index >= 15 is 0 Å². The largest absolute Gasteiger partial charge is 0.435 e. The maximum atomic E-state index is 12.4. The van der Waals surface area contributed by atoms with Crippen LogP contribution in [0.15, 0.2) is 28.8 Å². The Labute approximate surface area is 132 Å². The molecule has 0 saturated heterocycles. The van der Waals surface area contributed by atoms with Gasteiger partial charge >= 0.3 is 6.61 Å². The molecular formula is C14H16ClF2N3O2. The van der Waals surface area contributed by atoms with Crippen LogP contribution >= 0.6 is 12.4 Å². The lowest BCUT2D eigenvalue weighted by molar-refractivity contribution is -0.0504. The quantitative estimate of drug-likeness (QED) is 0.911. The van der Waals surface area contributed by atoms with E-state index in [1.54, 1.807) is 18.2 Å². The van der Waals surface area contributed by atoms with Crippen LogP contribution in [0.1, 0.15) is 36.5 Å². The SMILES string of the molecule is Cl.NC1(c2noc(Cc3ccccc3OC(F)F)n2)CCC1. The Balaban J connectivity index is 0.00000176. The van der Waals surface area contributed by atoms with Gasteiger partial charge in [0.1, 0.15) is 5.75 Å². The predicted molar refractivity (Wildman–Crippen MR) is 77.1 cm³/mol. The van der Waals surface area contributed by atoms with Crippen LogP contribution in [0, 0.1) is 0 Å². The fraction of sp³-hybridized carbons (Fsp3) is 0.429. The third-order valence-corrected chi connectivity index (χ3v) is 3.69. The van der Waals surface area contributed by atoms with Gasteiger partial charge in [-0.15, -0.1) is 12.4 Å². The maximum Gasteiger partial charge on any atom is 0.387 e. The molecule has 0 spiro atoms. The Hall–Kier alpha value is -1.73. The van der Waals surface area contributed by atoms with Crippen molar-refractivity contribution < 1.29 is 18.0 Å². The molecule has 0 radical (unpaired) electrons. The van der Waals surface area contributed by atoms with Gasteiger partial charge in [0.25, 0.3) is 0 Å². The first-order valence-electron chi connectivity index (χ1n) is 6.71. The second kappa shape index (κ2) is 6.58. The van der Waals surface area contributed by atoms with Crippen molar-refractivity contribution in [2.75, 3.05) is 0 Å². The van der Waals surface area contributed by atoms with E-state index in [1.165, 1.54) is 6.07 Å². The number of ether oxygens (including phenoxy) is 1. The van der Waals surface area contributed by atoms with Crippen molar-refractivity contribution in [1.82, 2.24) is 10.1 Å². The van der Waals surface area contributed by atoms with Crippen molar-refractivity contribution in [3.63, 3.8) is 0 Å². The smallest absolute Gasteiger partial charge is 0.387 e. The summed E-state index contributed by atoms with van der Waals surface area (Å²) in [6, 6.07) is 6.53. The van der Waals surface area contributed by atoms with Crippen molar-refractivity contribution in [2.24, 2.45) is 5.73 Å². The van der Waals surface area contributed by atoms with E-state index in [1.807, 2.05) is 0 Å². The minimum absolute atomic E-state index is 0. The molecule has 0 atom stereocenters. The van der Waals surface area contributed by atoms with Gasteiger partial charge in [-0.05, 0) is 25.3 Å². The first kappa shape index (κ1) is 16.6. The van der Waals surface area contributed by atoms with Crippen LogP contribution in [0.4, 0.5) is 8.78 Å². The fourth-order valence-electron chi connectivity index (χ4n) is 2.33. The molecule has 8 heteroatoms. The van der Waals surface area contributed by atoms with Gasteiger partial charge < -0.3 is 15.0 Å². The van der Waals surface area contributed by atoms with Gasteiger partial charge in [-0.2, -0.15) is 13.8 Å². The number of aromatic nitrogens is 2. The molecule has 0 amide bonds. The highest BCUT2D eigenvalue weighted by atomic mass is 35.5. The summed E-state index contributed by atoms with van der Waals surface area (Å²) in [4.78, 5) is 4.27. The van der Waals surface area contributed by atoms with Gasteiger partial charge in [-0.25, -0.2) is 0 Å². The van der Waals surface area contributed by atoms with E-state index in [-0.39, 0.29) is 24.6 Å². The molecule has 1 aliphatic carbocycles. The lowest BCUT2D eigenvalue weighted by Gasteiger charge is -2.34.